The van der Waals surface area contributed by atoms with Gasteiger partial charge in [0.15, 0.2) is 0 Å². The summed E-state index contributed by atoms with van der Waals surface area (Å²) in [6, 6.07) is 5.17. The number of amides is 1. The van der Waals surface area contributed by atoms with Crippen LogP contribution in [0.15, 0.2) is 18.2 Å². The number of rotatable bonds is 4. The summed E-state index contributed by atoms with van der Waals surface area (Å²) in [6.45, 7) is 2.49. The number of carbonyl (C=O) groups is 1. The Balaban J connectivity index is 2.02. The summed E-state index contributed by atoms with van der Waals surface area (Å²) in [4.78, 5) is 14.0. The normalized spacial score (nSPS) is 24.9. The molecule has 1 saturated heterocycles. The van der Waals surface area contributed by atoms with Crippen LogP contribution in [0, 0.1) is 0 Å². The minimum absolute atomic E-state index is 0.169. The SMILES string of the molecule is CC1OCCC1(O)CNC(=O)c1ccc(N(C)C)c(N)c1. The molecule has 2 atom stereocenters. The van der Waals surface area contributed by atoms with Crippen molar-refractivity contribution in [3.8, 4) is 0 Å². The Bertz CT molecular complexity index is 533. The number of benzene rings is 1. The Labute approximate surface area is 124 Å². The maximum Gasteiger partial charge on any atom is 0.251 e. The van der Waals surface area contributed by atoms with Gasteiger partial charge in [-0.1, -0.05) is 0 Å². The number of anilines is 2. The maximum absolute atomic E-state index is 12.2. The van der Waals surface area contributed by atoms with Crippen LogP contribution in [0.3, 0.4) is 0 Å². The monoisotopic (exact) mass is 293 g/mol. The Hall–Kier alpha value is -1.79. The highest BCUT2D eigenvalue weighted by Gasteiger charge is 2.39. The second kappa shape index (κ2) is 5.91. The molecule has 1 fully saturated rings. The first kappa shape index (κ1) is 15.6. The van der Waals surface area contributed by atoms with E-state index in [0.717, 1.165) is 5.69 Å². The molecule has 1 aliphatic heterocycles. The zero-order valence-electron chi connectivity index (χ0n) is 12.7. The van der Waals surface area contributed by atoms with Crippen LogP contribution in [0.2, 0.25) is 0 Å². The molecule has 1 aliphatic rings. The van der Waals surface area contributed by atoms with Crippen molar-refractivity contribution in [1.82, 2.24) is 5.32 Å². The number of ether oxygens (including phenoxy) is 1. The molecule has 0 saturated carbocycles. The van der Waals surface area contributed by atoms with Gasteiger partial charge in [-0.25, -0.2) is 0 Å². The first-order valence-corrected chi connectivity index (χ1v) is 7.02. The topological polar surface area (TPSA) is 87.8 Å². The van der Waals surface area contributed by atoms with Crippen molar-refractivity contribution in [3.05, 3.63) is 23.8 Å². The zero-order chi connectivity index (χ0) is 15.6. The molecule has 6 heteroatoms. The average molecular weight is 293 g/mol. The Morgan fingerprint density at radius 3 is 2.81 bits per heavy atom. The van der Waals surface area contributed by atoms with Crippen LogP contribution < -0.4 is 16.0 Å². The molecule has 1 heterocycles. The van der Waals surface area contributed by atoms with Gasteiger partial charge in [-0.15, -0.1) is 0 Å². The van der Waals surface area contributed by atoms with Crippen LogP contribution >= 0.6 is 0 Å². The van der Waals surface area contributed by atoms with Gasteiger partial charge in [-0.2, -0.15) is 0 Å². The van der Waals surface area contributed by atoms with E-state index in [-0.39, 0.29) is 18.6 Å². The molecule has 1 aromatic carbocycles. The zero-order valence-corrected chi connectivity index (χ0v) is 12.7. The predicted molar refractivity (Wildman–Crippen MR) is 82.5 cm³/mol. The van der Waals surface area contributed by atoms with E-state index in [4.69, 9.17) is 10.5 Å². The standard InChI is InChI=1S/C15H23N3O3/c1-10-15(20,6-7-21-10)9-17-14(19)11-4-5-13(18(2)3)12(16)8-11/h4-5,8,10,20H,6-7,9,16H2,1-3H3,(H,17,19). The van der Waals surface area contributed by atoms with Crippen molar-refractivity contribution in [2.24, 2.45) is 0 Å². The Morgan fingerprint density at radius 2 is 2.29 bits per heavy atom. The highest BCUT2D eigenvalue weighted by molar-refractivity contribution is 5.96. The maximum atomic E-state index is 12.2. The largest absolute Gasteiger partial charge is 0.397 e. The third kappa shape index (κ3) is 3.28. The van der Waals surface area contributed by atoms with Crippen LogP contribution in [0.4, 0.5) is 11.4 Å². The molecule has 6 nitrogen and oxygen atoms in total. The fraction of sp³-hybridized carbons (Fsp3) is 0.533. The molecule has 0 spiro atoms. The van der Waals surface area contributed by atoms with Crippen LogP contribution in [0.5, 0.6) is 0 Å². The Kier molecular flexibility index (Phi) is 4.39. The van der Waals surface area contributed by atoms with E-state index >= 15 is 0 Å². The third-order valence-electron chi connectivity index (χ3n) is 3.99. The first-order valence-electron chi connectivity index (χ1n) is 7.02. The highest BCUT2D eigenvalue weighted by atomic mass is 16.5. The third-order valence-corrected chi connectivity index (χ3v) is 3.99. The molecule has 2 rings (SSSR count). The molecule has 2 unspecified atom stereocenters. The van der Waals surface area contributed by atoms with Crippen LogP contribution in [0.25, 0.3) is 0 Å². The molecule has 1 amide bonds. The summed E-state index contributed by atoms with van der Waals surface area (Å²) in [5.41, 5.74) is 6.83. The molecule has 0 radical (unpaired) electrons. The van der Waals surface area contributed by atoms with Gasteiger partial charge in [0.1, 0.15) is 5.60 Å². The van der Waals surface area contributed by atoms with E-state index in [1.165, 1.54) is 0 Å². The van der Waals surface area contributed by atoms with Gasteiger partial charge in [0.25, 0.3) is 5.91 Å². The van der Waals surface area contributed by atoms with Crippen LogP contribution in [0.1, 0.15) is 23.7 Å². The number of hydrogen-bond donors (Lipinski definition) is 3. The minimum Gasteiger partial charge on any atom is -0.397 e. The molecule has 116 valence electrons. The lowest BCUT2D eigenvalue weighted by Gasteiger charge is -2.26. The molecular formula is C15H23N3O3. The Morgan fingerprint density at radius 1 is 1.57 bits per heavy atom. The number of hydrogen-bond acceptors (Lipinski definition) is 5. The van der Waals surface area contributed by atoms with Crippen LogP contribution in [-0.2, 0) is 4.74 Å². The van der Waals surface area contributed by atoms with Crippen molar-refractivity contribution in [1.29, 1.82) is 0 Å². The fourth-order valence-corrected chi connectivity index (χ4v) is 2.44. The van der Waals surface area contributed by atoms with Crippen molar-refractivity contribution < 1.29 is 14.6 Å². The molecule has 0 aromatic heterocycles. The lowest BCUT2D eigenvalue weighted by atomic mass is 9.96. The van der Waals surface area contributed by atoms with E-state index in [0.29, 0.717) is 24.3 Å². The summed E-state index contributed by atoms with van der Waals surface area (Å²) in [7, 11) is 3.78. The van der Waals surface area contributed by atoms with Crippen molar-refractivity contribution in [2.45, 2.75) is 25.0 Å². The number of nitrogens with zero attached hydrogens (tertiary/aromatic N) is 1. The molecular weight excluding hydrogens is 270 g/mol. The molecule has 21 heavy (non-hydrogen) atoms. The van der Waals surface area contributed by atoms with Gasteiger partial charge >= 0.3 is 0 Å². The van der Waals surface area contributed by atoms with E-state index in [1.807, 2.05) is 25.9 Å². The molecule has 1 aromatic rings. The lowest BCUT2D eigenvalue weighted by Crippen LogP contribution is -2.47. The molecule has 0 bridgehead atoms. The van der Waals surface area contributed by atoms with Gasteiger partial charge in [0.2, 0.25) is 0 Å². The van der Waals surface area contributed by atoms with Crippen LogP contribution in [-0.4, -0.2) is 50.0 Å². The van der Waals surface area contributed by atoms with Crippen molar-refractivity contribution in [3.63, 3.8) is 0 Å². The summed E-state index contributed by atoms with van der Waals surface area (Å²) in [5.74, 6) is -0.250. The predicted octanol–water partition coefficient (Wildman–Crippen LogP) is 0.604. The second-order valence-electron chi connectivity index (χ2n) is 5.72. The van der Waals surface area contributed by atoms with E-state index < -0.39 is 5.60 Å². The van der Waals surface area contributed by atoms with Gasteiger partial charge in [0.05, 0.1) is 17.5 Å². The van der Waals surface area contributed by atoms with E-state index in [2.05, 4.69) is 5.32 Å². The number of nitrogens with one attached hydrogen (secondary N) is 1. The first-order chi connectivity index (χ1) is 9.83. The number of carbonyl (C=O) groups excluding carboxylic acids is 1. The van der Waals surface area contributed by atoms with Crippen molar-refractivity contribution in [2.75, 3.05) is 37.9 Å². The summed E-state index contributed by atoms with van der Waals surface area (Å²) < 4.78 is 5.34. The number of nitrogen functional groups attached to an aromatic ring is 1. The number of aliphatic hydroxyl groups is 1. The smallest absolute Gasteiger partial charge is 0.251 e. The fourth-order valence-electron chi connectivity index (χ4n) is 2.44. The quantitative estimate of drug-likeness (QED) is 0.708. The van der Waals surface area contributed by atoms with Crippen molar-refractivity contribution >= 4 is 17.3 Å². The molecule has 4 N–H and O–H groups in total. The lowest BCUT2D eigenvalue weighted by molar-refractivity contribution is -0.0251. The summed E-state index contributed by atoms with van der Waals surface area (Å²) >= 11 is 0. The average Bonchev–Trinajstić information content (AvgIpc) is 2.76. The summed E-state index contributed by atoms with van der Waals surface area (Å²) in [6.07, 6.45) is 0.245. The number of nitrogens with two attached hydrogens (primary N) is 1. The van der Waals surface area contributed by atoms with E-state index in [9.17, 15) is 9.90 Å². The van der Waals surface area contributed by atoms with Gasteiger partial charge < -0.3 is 25.8 Å². The minimum atomic E-state index is -0.995. The molecule has 0 aliphatic carbocycles. The van der Waals surface area contributed by atoms with E-state index in [1.54, 1.807) is 18.2 Å². The van der Waals surface area contributed by atoms with Gasteiger partial charge in [-0.3, -0.25) is 4.79 Å². The van der Waals surface area contributed by atoms with Gasteiger partial charge in [-0.05, 0) is 25.1 Å². The highest BCUT2D eigenvalue weighted by Crippen LogP contribution is 2.25. The van der Waals surface area contributed by atoms with Gasteiger partial charge in [0, 0.05) is 39.2 Å². The second-order valence-corrected chi connectivity index (χ2v) is 5.72. The summed E-state index contributed by atoms with van der Waals surface area (Å²) in [5, 5.41) is 13.1.